The van der Waals surface area contributed by atoms with E-state index < -0.39 is 5.54 Å². The number of hydrogen-bond donors (Lipinski definition) is 1. The van der Waals surface area contributed by atoms with Gasteiger partial charge in [0.25, 0.3) is 0 Å². The number of esters is 1. The van der Waals surface area contributed by atoms with Crippen LogP contribution in [0.25, 0.3) is 0 Å². The predicted molar refractivity (Wildman–Crippen MR) is 74.4 cm³/mol. The Morgan fingerprint density at radius 1 is 1.21 bits per heavy atom. The third-order valence-corrected chi connectivity index (χ3v) is 5.91. The predicted octanol–water partition coefficient (Wildman–Crippen LogP) is 2.65. The number of rotatable bonds is 3. The molecule has 0 saturated heterocycles. The molecule has 4 saturated carbocycles. The Labute approximate surface area is 115 Å². The second-order valence-electron chi connectivity index (χ2n) is 7.37. The Balaban J connectivity index is 1.89. The Bertz CT molecular complexity index is 389. The Hall–Kier alpha value is -0.830. The van der Waals surface area contributed by atoms with E-state index in [4.69, 9.17) is 10.5 Å². The summed E-state index contributed by atoms with van der Waals surface area (Å²) >= 11 is 0. The molecule has 0 radical (unpaired) electrons. The summed E-state index contributed by atoms with van der Waals surface area (Å²) in [5.41, 5.74) is 6.25. The first-order valence-corrected chi connectivity index (χ1v) is 7.44. The summed E-state index contributed by atoms with van der Waals surface area (Å²) in [6, 6.07) is 0. The molecule has 0 aromatic heterocycles. The van der Waals surface area contributed by atoms with Gasteiger partial charge in [-0.1, -0.05) is 6.58 Å². The summed E-state index contributed by atoms with van der Waals surface area (Å²) < 4.78 is 4.87. The molecule has 19 heavy (non-hydrogen) atoms. The fourth-order valence-electron chi connectivity index (χ4n) is 5.37. The van der Waals surface area contributed by atoms with Gasteiger partial charge in [0.2, 0.25) is 0 Å². The second kappa shape index (κ2) is 4.08. The first-order valence-electron chi connectivity index (χ1n) is 7.44. The van der Waals surface area contributed by atoms with E-state index in [1.807, 2.05) is 0 Å². The standard InChI is InChI=1S/C16H25NO2/c1-10(15(2,17)14(18)19-3)16-7-11-4-12(8-16)6-13(5-11)9-16/h11-13H,1,4-9,17H2,2-3H3. The van der Waals surface area contributed by atoms with E-state index in [9.17, 15) is 4.79 Å². The zero-order chi connectivity index (χ0) is 13.8. The van der Waals surface area contributed by atoms with Gasteiger partial charge in [-0.15, -0.1) is 0 Å². The molecule has 4 bridgehead atoms. The number of methoxy groups -OCH3 is 1. The van der Waals surface area contributed by atoms with Gasteiger partial charge >= 0.3 is 5.97 Å². The van der Waals surface area contributed by atoms with Gasteiger partial charge in [0.1, 0.15) is 5.54 Å². The molecular weight excluding hydrogens is 238 g/mol. The molecule has 0 aromatic carbocycles. The molecule has 4 aliphatic rings. The summed E-state index contributed by atoms with van der Waals surface area (Å²) in [5, 5.41) is 0. The second-order valence-corrected chi connectivity index (χ2v) is 7.37. The van der Waals surface area contributed by atoms with Crippen molar-refractivity contribution in [3.8, 4) is 0 Å². The van der Waals surface area contributed by atoms with Crippen molar-refractivity contribution in [3.63, 3.8) is 0 Å². The molecule has 0 heterocycles. The maximum atomic E-state index is 12.0. The highest BCUT2D eigenvalue weighted by atomic mass is 16.5. The quantitative estimate of drug-likeness (QED) is 0.629. The van der Waals surface area contributed by atoms with Crippen LogP contribution in [0.1, 0.15) is 45.4 Å². The molecule has 2 N–H and O–H groups in total. The molecule has 1 unspecified atom stereocenters. The van der Waals surface area contributed by atoms with E-state index in [0.717, 1.165) is 23.3 Å². The van der Waals surface area contributed by atoms with Crippen LogP contribution in [0.15, 0.2) is 12.2 Å². The summed E-state index contributed by atoms with van der Waals surface area (Å²) in [6.45, 7) is 6.02. The van der Waals surface area contributed by atoms with Crippen molar-refractivity contribution in [2.24, 2.45) is 28.9 Å². The fraction of sp³-hybridized carbons (Fsp3) is 0.812. The highest BCUT2D eigenvalue weighted by molar-refractivity contribution is 5.84. The van der Waals surface area contributed by atoms with Crippen molar-refractivity contribution in [3.05, 3.63) is 12.2 Å². The van der Waals surface area contributed by atoms with Crippen LogP contribution in [-0.4, -0.2) is 18.6 Å². The highest BCUT2D eigenvalue weighted by Crippen LogP contribution is 2.63. The van der Waals surface area contributed by atoms with Crippen LogP contribution in [0.5, 0.6) is 0 Å². The smallest absolute Gasteiger partial charge is 0.329 e. The van der Waals surface area contributed by atoms with Crippen LogP contribution in [0.4, 0.5) is 0 Å². The van der Waals surface area contributed by atoms with E-state index in [-0.39, 0.29) is 11.4 Å². The third kappa shape index (κ3) is 1.85. The lowest BCUT2D eigenvalue weighted by Crippen LogP contribution is -2.56. The summed E-state index contributed by atoms with van der Waals surface area (Å²) in [6.07, 6.45) is 7.69. The first kappa shape index (κ1) is 13.2. The number of carbonyl (C=O) groups excluding carboxylic acids is 1. The number of ether oxygens (including phenoxy) is 1. The van der Waals surface area contributed by atoms with Gasteiger partial charge in [-0.3, -0.25) is 0 Å². The van der Waals surface area contributed by atoms with E-state index in [1.165, 1.54) is 45.6 Å². The van der Waals surface area contributed by atoms with Gasteiger partial charge in [0.05, 0.1) is 7.11 Å². The van der Waals surface area contributed by atoms with Crippen molar-refractivity contribution >= 4 is 5.97 Å². The van der Waals surface area contributed by atoms with E-state index in [2.05, 4.69) is 6.58 Å². The maximum Gasteiger partial charge on any atom is 0.329 e. The Morgan fingerprint density at radius 2 is 1.63 bits per heavy atom. The highest BCUT2D eigenvalue weighted by Gasteiger charge is 2.55. The SMILES string of the molecule is C=C(C12CC3CC(CC(C3)C1)C2)C(C)(N)C(=O)OC. The fourth-order valence-corrected chi connectivity index (χ4v) is 5.37. The monoisotopic (exact) mass is 263 g/mol. The van der Waals surface area contributed by atoms with Gasteiger partial charge < -0.3 is 10.5 Å². The summed E-state index contributed by atoms with van der Waals surface area (Å²) in [7, 11) is 1.40. The summed E-state index contributed by atoms with van der Waals surface area (Å²) in [4.78, 5) is 12.0. The maximum absolute atomic E-state index is 12.0. The minimum atomic E-state index is -1.04. The lowest BCUT2D eigenvalue weighted by atomic mass is 9.46. The van der Waals surface area contributed by atoms with Crippen molar-refractivity contribution in [1.29, 1.82) is 0 Å². The zero-order valence-electron chi connectivity index (χ0n) is 12.1. The number of nitrogens with two attached hydrogens (primary N) is 1. The molecule has 0 spiro atoms. The Morgan fingerprint density at radius 3 is 2.00 bits per heavy atom. The average Bonchev–Trinajstić information content (AvgIpc) is 2.35. The van der Waals surface area contributed by atoms with Gasteiger partial charge in [0.15, 0.2) is 0 Å². The molecule has 3 heteroatoms. The van der Waals surface area contributed by atoms with Crippen LogP contribution in [0.3, 0.4) is 0 Å². The topological polar surface area (TPSA) is 52.3 Å². The van der Waals surface area contributed by atoms with Crippen molar-refractivity contribution in [1.82, 2.24) is 0 Å². The van der Waals surface area contributed by atoms with Crippen molar-refractivity contribution in [2.45, 2.75) is 51.0 Å². The molecule has 3 nitrogen and oxygen atoms in total. The van der Waals surface area contributed by atoms with Gasteiger partial charge in [-0.05, 0) is 74.2 Å². The normalized spacial score (nSPS) is 42.8. The molecular formula is C16H25NO2. The zero-order valence-corrected chi connectivity index (χ0v) is 12.1. The molecule has 106 valence electrons. The van der Waals surface area contributed by atoms with E-state index in [0.29, 0.717) is 0 Å². The largest absolute Gasteiger partial charge is 0.467 e. The molecule has 4 rings (SSSR count). The summed E-state index contributed by atoms with van der Waals surface area (Å²) in [5.74, 6) is 2.14. The van der Waals surface area contributed by atoms with E-state index >= 15 is 0 Å². The van der Waals surface area contributed by atoms with Crippen LogP contribution in [0.2, 0.25) is 0 Å². The van der Waals surface area contributed by atoms with Gasteiger partial charge in [-0.2, -0.15) is 0 Å². The third-order valence-electron chi connectivity index (χ3n) is 5.91. The van der Waals surface area contributed by atoms with Gasteiger partial charge in [-0.25, -0.2) is 4.79 Å². The Kier molecular flexibility index (Phi) is 2.83. The van der Waals surface area contributed by atoms with Crippen LogP contribution < -0.4 is 5.73 Å². The molecule has 4 fully saturated rings. The minimum absolute atomic E-state index is 0.104. The molecule has 0 aliphatic heterocycles. The van der Waals surface area contributed by atoms with Crippen LogP contribution in [-0.2, 0) is 9.53 Å². The lowest BCUT2D eigenvalue weighted by molar-refractivity contribution is -0.146. The van der Waals surface area contributed by atoms with Crippen molar-refractivity contribution < 1.29 is 9.53 Å². The van der Waals surface area contributed by atoms with Crippen molar-refractivity contribution in [2.75, 3.05) is 7.11 Å². The molecule has 4 aliphatic carbocycles. The average molecular weight is 263 g/mol. The molecule has 1 atom stereocenters. The van der Waals surface area contributed by atoms with Gasteiger partial charge in [0, 0.05) is 0 Å². The number of hydrogen-bond acceptors (Lipinski definition) is 3. The minimum Gasteiger partial charge on any atom is -0.467 e. The first-order chi connectivity index (χ1) is 8.87. The lowest BCUT2D eigenvalue weighted by Gasteiger charge is -2.59. The van der Waals surface area contributed by atoms with Crippen LogP contribution in [0, 0.1) is 23.2 Å². The molecule has 0 aromatic rings. The van der Waals surface area contributed by atoms with Crippen LogP contribution >= 0.6 is 0 Å². The van der Waals surface area contributed by atoms with E-state index in [1.54, 1.807) is 6.92 Å². The molecule has 0 amide bonds. The number of carbonyl (C=O) groups is 1.